The molecule has 2 aliphatic rings. The van der Waals surface area contributed by atoms with Crippen molar-refractivity contribution in [1.82, 2.24) is 9.80 Å². The highest BCUT2D eigenvalue weighted by Gasteiger charge is 2.32. The minimum Gasteiger partial charge on any atom is -0.493 e. The predicted molar refractivity (Wildman–Crippen MR) is 97.7 cm³/mol. The Bertz CT molecular complexity index is 599. The molecule has 2 heterocycles. The van der Waals surface area contributed by atoms with Crippen molar-refractivity contribution in [3.05, 3.63) is 30.3 Å². The van der Waals surface area contributed by atoms with Crippen molar-refractivity contribution in [2.75, 3.05) is 32.8 Å². The lowest BCUT2D eigenvalue weighted by atomic mass is 9.95. The van der Waals surface area contributed by atoms with Gasteiger partial charge in [0.1, 0.15) is 5.75 Å². The van der Waals surface area contributed by atoms with Crippen molar-refractivity contribution in [2.45, 2.75) is 38.2 Å². The number of aliphatic hydroxyl groups is 1. The molecule has 0 bridgehead atoms. The van der Waals surface area contributed by atoms with E-state index in [0.29, 0.717) is 52.0 Å². The number of carbonyl (C=O) groups excluding carboxylic acids is 2. The second kappa shape index (κ2) is 9.03. The monoisotopic (exact) mass is 360 g/mol. The average Bonchev–Trinajstić information content (AvgIpc) is 2.69. The number of hydrogen-bond acceptors (Lipinski definition) is 4. The summed E-state index contributed by atoms with van der Waals surface area (Å²) >= 11 is 0. The highest BCUT2D eigenvalue weighted by Crippen LogP contribution is 2.22. The zero-order valence-corrected chi connectivity index (χ0v) is 15.2. The first kappa shape index (κ1) is 18.7. The van der Waals surface area contributed by atoms with Gasteiger partial charge in [0.15, 0.2) is 0 Å². The number of benzene rings is 1. The van der Waals surface area contributed by atoms with Crippen molar-refractivity contribution >= 4 is 11.8 Å². The highest BCUT2D eigenvalue weighted by molar-refractivity contribution is 5.81. The van der Waals surface area contributed by atoms with Crippen molar-refractivity contribution in [2.24, 2.45) is 5.92 Å². The number of para-hydroxylation sites is 1. The summed E-state index contributed by atoms with van der Waals surface area (Å²) in [7, 11) is 0. The lowest BCUT2D eigenvalue weighted by Crippen LogP contribution is -2.49. The molecule has 3 rings (SSSR count). The van der Waals surface area contributed by atoms with Gasteiger partial charge >= 0.3 is 0 Å². The summed E-state index contributed by atoms with van der Waals surface area (Å²) in [5.74, 6) is 0.833. The van der Waals surface area contributed by atoms with E-state index in [9.17, 15) is 14.7 Å². The van der Waals surface area contributed by atoms with Gasteiger partial charge in [-0.15, -0.1) is 0 Å². The van der Waals surface area contributed by atoms with Crippen LogP contribution in [0.4, 0.5) is 0 Å². The molecule has 1 atom stereocenters. The Hall–Kier alpha value is -2.08. The van der Waals surface area contributed by atoms with Gasteiger partial charge in [0.2, 0.25) is 11.8 Å². The van der Waals surface area contributed by atoms with Gasteiger partial charge in [0.05, 0.1) is 25.0 Å². The van der Waals surface area contributed by atoms with Crippen molar-refractivity contribution in [3.63, 3.8) is 0 Å². The average molecular weight is 360 g/mol. The van der Waals surface area contributed by atoms with Crippen molar-refractivity contribution in [1.29, 1.82) is 0 Å². The van der Waals surface area contributed by atoms with E-state index in [1.54, 1.807) is 4.90 Å². The molecular weight excluding hydrogens is 332 g/mol. The zero-order valence-electron chi connectivity index (χ0n) is 15.2. The Morgan fingerprint density at radius 3 is 2.50 bits per heavy atom. The van der Waals surface area contributed by atoms with Gasteiger partial charge in [-0.05, 0) is 37.8 Å². The summed E-state index contributed by atoms with van der Waals surface area (Å²) in [5, 5.41) is 9.60. The summed E-state index contributed by atoms with van der Waals surface area (Å²) < 4.78 is 5.60. The highest BCUT2D eigenvalue weighted by atomic mass is 16.5. The number of nitrogens with zero attached hydrogens (tertiary/aromatic N) is 2. The Morgan fingerprint density at radius 1 is 1.04 bits per heavy atom. The van der Waals surface area contributed by atoms with E-state index in [1.165, 1.54) is 0 Å². The number of aliphatic hydroxyl groups excluding tert-OH is 1. The first-order valence-electron chi connectivity index (χ1n) is 9.56. The van der Waals surface area contributed by atoms with Gasteiger partial charge in [-0.1, -0.05) is 18.2 Å². The van der Waals surface area contributed by atoms with Crippen LogP contribution in [0.15, 0.2) is 30.3 Å². The summed E-state index contributed by atoms with van der Waals surface area (Å²) in [5.41, 5.74) is 0. The molecule has 2 saturated heterocycles. The fraction of sp³-hybridized carbons (Fsp3) is 0.600. The molecule has 0 saturated carbocycles. The van der Waals surface area contributed by atoms with Crippen LogP contribution in [0, 0.1) is 5.92 Å². The first-order valence-corrected chi connectivity index (χ1v) is 9.56. The topological polar surface area (TPSA) is 70.1 Å². The number of ether oxygens (including phenoxy) is 1. The quantitative estimate of drug-likeness (QED) is 0.867. The maximum Gasteiger partial charge on any atom is 0.227 e. The molecule has 0 aromatic heterocycles. The Balaban J connectivity index is 1.45. The van der Waals surface area contributed by atoms with E-state index in [4.69, 9.17) is 4.74 Å². The molecule has 1 unspecified atom stereocenters. The third kappa shape index (κ3) is 4.97. The summed E-state index contributed by atoms with van der Waals surface area (Å²) in [4.78, 5) is 28.8. The molecule has 6 heteroatoms. The molecule has 0 radical (unpaired) electrons. The Kier molecular flexibility index (Phi) is 6.50. The van der Waals surface area contributed by atoms with Crippen molar-refractivity contribution < 1.29 is 19.4 Å². The van der Waals surface area contributed by atoms with Crippen LogP contribution in [0.5, 0.6) is 5.75 Å². The van der Waals surface area contributed by atoms with E-state index < -0.39 is 0 Å². The summed E-state index contributed by atoms with van der Waals surface area (Å²) in [6.07, 6.45) is 3.04. The molecule has 0 aliphatic carbocycles. The Labute approximate surface area is 154 Å². The number of carbonyl (C=O) groups is 2. The van der Waals surface area contributed by atoms with Crippen LogP contribution in [0.25, 0.3) is 0 Å². The lowest BCUT2D eigenvalue weighted by Gasteiger charge is -2.37. The van der Waals surface area contributed by atoms with Gasteiger partial charge < -0.3 is 19.6 Å². The standard InChI is InChI=1S/C20H28N2O4/c23-17-8-12-21(13-9-17)20(25)16-5-4-11-22(15-16)19(24)10-14-26-18-6-2-1-3-7-18/h1-3,6-7,16-17,23H,4-5,8-15H2. The van der Waals surface area contributed by atoms with Crippen molar-refractivity contribution in [3.8, 4) is 5.75 Å². The van der Waals surface area contributed by atoms with Crippen LogP contribution in [0.2, 0.25) is 0 Å². The van der Waals surface area contributed by atoms with Gasteiger partial charge in [-0.25, -0.2) is 0 Å². The maximum atomic E-state index is 12.7. The molecular formula is C20H28N2O4. The molecule has 1 aromatic rings. The largest absolute Gasteiger partial charge is 0.493 e. The number of hydrogen-bond donors (Lipinski definition) is 1. The summed E-state index contributed by atoms with van der Waals surface area (Å²) in [6, 6.07) is 9.46. The van der Waals surface area contributed by atoms with E-state index in [-0.39, 0.29) is 23.8 Å². The summed E-state index contributed by atoms with van der Waals surface area (Å²) in [6.45, 7) is 2.81. The first-order chi connectivity index (χ1) is 12.6. The van der Waals surface area contributed by atoms with Gasteiger partial charge in [-0.3, -0.25) is 9.59 Å². The third-order valence-corrected chi connectivity index (χ3v) is 5.23. The van der Waals surface area contributed by atoms with Crippen LogP contribution in [-0.2, 0) is 9.59 Å². The van der Waals surface area contributed by atoms with E-state index in [1.807, 2.05) is 35.2 Å². The SMILES string of the molecule is O=C(CCOc1ccccc1)N1CCCC(C(=O)N2CCC(O)CC2)C1. The van der Waals surface area contributed by atoms with E-state index in [0.717, 1.165) is 18.6 Å². The van der Waals surface area contributed by atoms with Crippen LogP contribution in [0.1, 0.15) is 32.1 Å². The van der Waals surface area contributed by atoms with Gasteiger partial charge in [0.25, 0.3) is 0 Å². The predicted octanol–water partition coefficient (Wildman–Crippen LogP) is 1.68. The molecule has 142 valence electrons. The molecule has 6 nitrogen and oxygen atoms in total. The van der Waals surface area contributed by atoms with Crippen LogP contribution in [-0.4, -0.2) is 65.6 Å². The zero-order chi connectivity index (χ0) is 18.4. The van der Waals surface area contributed by atoms with Gasteiger partial charge in [-0.2, -0.15) is 0 Å². The third-order valence-electron chi connectivity index (χ3n) is 5.23. The van der Waals surface area contributed by atoms with E-state index in [2.05, 4.69) is 0 Å². The minimum atomic E-state index is -0.284. The fourth-order valence-electron chi connectivity index (χ4n) is 3.68. The molecule has 2 fully saturated rings. The fourth-order valence-corrected chi connectivity index (χ4v) is 3.68. The van der Waals surface area contributed by atoms with Crippen LogP contribution >= 0.6 is 0 Å². The number of rotatable bonds is 5. The second-order valence-electron chi connectivity index (χ2n) is 7.15. The number of amides is 2. The minimum absolute atomic E-state index is 0.0486. The number of likely N-dealkylation sites (tertiary alicyclic amines) is 2. The molecule has 2 aliphatic heterocycles. The lowest BCUT2D eigenvalue weighted by molar-refractivity contribution is -0.142. The van der Waals surface area contributed by atoms with Gasteiger partial charge in [0, 0.05) is 26.2 Å². The number of piperidine rings is 2. The van der Waals surface area contributed by atoms with E-state index >= 15 is 0 Å². The normalized spacial score (nSPS) is 21.5. The molecule has 0 spiro atoms. The molecule has 1 N–H and O–H groups in total. The second-order valence-corrected chi connectivity index (χ2v) is 7.15. The Morgan fingerprint density at radius 2 is 1.77 bits per heavy atom. The maximum absolute atomic E-state index is 12.7. The smallest absolute Gasteiger partial charge is 0.227 e. The molecule has 2 amide bonds. The van der Waals surface area contributed by atoms with Crippen LogP contribution in [0.3, 0.4) is 0 Å². The molecule has 1 aromatic carbocycles. The van der Waals surface area contributed by atoms with Crippen LogP contribution < -0.4 is 4.74 Å². The molecule has 26 heavy (non-hydrogen) atoms.